The Labute approximate surface area is 119 Å². The van der Waals surface area contributed by atoms with Crippen LogP contribution in [0.2, 0.25) is 0 Å². The van der Waals surface area contributed by atoms with E-state index in [2.05, 4.69) is 10.1 Å². The molecule has 21 heavy (non-hydrogen) atoms. The van der Waals surface area contributed by atoms with Gasteiger partial charge in [-0.1, -0.05) is 6.07 Å². The molecule has 8 heteroatoms. The van der Waals surface area contributed by atoms with Crippen LogP contribution in [0.1, 0.15) is 6.42 Å². The lowest BCUT2D eigenvalue weighted by atomic mass is 10.2. The van der Waals surface area contributed by atoms with Gasteiger partial charge < -0.3 is 20.1 Å². The highest BCUT2D eigenvalue weighted by atomic mass is 19.4. The van der Waals surface area contributed by atoms with Crippen LogP contribution in [0.5, 0.6) is 5.75 Å². The Morgan fingerprint density at radius 2 is 2.19 bits per heavy atom. The molecule has 0 bridgehead atoms. The van der Waals surface area contributed by atoms with Crippen molar-refractivity contribution in [1.82, 2.24) is 5.32 Å². The number of benzene rings is 1. The minimum atomic E-state index is -4.77. The van der Waals surface area contributed by atoms with E-state index >= 15 is 0 Å². The van der Waals surface area contributed by atoms with Crippen molar-refractivity contribution in [2.75, 3.05) is 24.6 Å². The first-order chi connectivity index (χ1) is 9.90. The quantitative estimate of drug-likeness (QED) is 0.860. The Hall–Kier alpha value is -1.80. The first kappa shape index (κ1) is 15.6. The van der Waals surface area contributed by atoms with Crippen molar-refractivity contribution in [3.05, 3.63) is 24.3 Å². The second-order valence-electron chi connectivity index (χ2n) is 4.55. The maximum absolute atomic E-state index is 12.2. The number of amides is 1. The molecule has 0 spiro atoms. The van der Waals surface area contributed by atoms with E-state index < -0.39 is 12.4 Å². The summed E-state index contributed by atoms with van der Waals surface area (Å²) in [5, 5.41) is 11.6. The summed E-state index contributed by atoms with van der Waals surface area (Å²) in [7, 11) is 0. The second-order valence-corrected chi connectivity index (χ2v) is 4.55. The summed E-state index contributed by atoms with van der Waals surface area (Å²) in [5.41, 5.74) is 0.357. The summed E-state index contributed by atoms with van der Waals surface area (Å²) in [6.07, 6.45) is -4.23. The van der Waals surface area contributed by atoms with Gasteiger partial charge in [-0.2, -0.15) is 0 Å². The SMILES string of the molecule is O=C1C(NCCO)CCN1c1cccc(OC(F)(F)F)c1. The Morgan fingerprint density at radius 1 is 1.43 bits per heavy atom. The first-order valence-electron chi connectivity index (χ1n) is 6.42. The number of carbonyl (C=O) groups excluding carboxylic acids is 1. The molecule has 1 saturated heterocycles. The predicted molar refractivity (Wildman–Crippen MR) is 69.0 cm³/mol. The maximum Gasteiger partial charge on any atom is 0.573 e. The summed E-state index contributed by atoms with van der Waals surface area (Å²) in [4.78, 5) is 13.5. The molecule has 2 N–H and O–H groups in total. The van der Waals surface area contributed by atoms with Crippen LogP contribution in [0.4, 0.5) is 18.9 Å². The van der Waals surface area contributed by atoms with E-state index in [-0.39, 0.29) is 18.3 Å². The smallest absolute Gasteiger partial charge is 0.406 e. The summed E-state index contributed by atoms with van der Waals surface area (Å²) < 4.78 is 40.4. The lowest BCUT2D eigenvalue weighted by molar-refractivity contribution is -0.274. The van der Waals surface area contributed by atoms with Gasteiger partial charge in [-0.25, -0.2) is 0 Å². The number of hydrogen-bond acceptors (Lipinski definition) is 4. The van der Waals surface area contributed by atoms with Crippen molar-refractivity contribution in [2.24, 2.45) is 0 Å². The van der Waals surface area contributed by atoms with E-state index in [9.17, 15) is 18.0 Å². The molecule has 1 aliphatic rings. The molecule has 5 nitrogen and oxygen atoms in total. The fourth-order valence-corrected chi connectivity index (χ4v) is 2.21. The zero-order valence-corrected chi connectivity index (χ0v) is 11.1. The van der Waals surface area contributed by atoms with Crippen molar-refractivity contribution >= 4 is 11.6 Å². The van der Waals surface area contributed by atoms with Gasteiger partial charge in [0, 0.05) is 24.8 Å². The zero-order valence-electron chi connectivity index (χ0n) is 11.1. The van der Waals surface area contributed by atoms with Crippen molar-refractivity contribution in [3.63, 3.8) is 0 Å². The van der Waals surface area contributed by atoms with E-state index in [0.717, 1.165) is 0 Å². The van der Waals surface area contributed by atoms with Crippen LogP contribution in [0.3, 0.4) is 0 Å². The number of nitrogens with zero attached hydrogens (tertiary/aromatic N) is 1. The van der Waals surface area contributed by atoms with Crippen LogP contribution >= 0.6 is 0 Å². The molecule has 116 valence electrons. The van der Waals surface area contributed by atoms with Gasteiger partial charge in [0.2, 0.25) is 5.91 Å². The molecule has 2 rings (SSSR count). The highest BCUT2D eigenvalue weighted by Gasteiger charge is 2.34. The van der Waals surface area contributed by atoms with Crippen molar-refractivity contribution < 1.29 is 27.8 Å². The molecule has 1 aliphatic heterocycles. The third kappa shape index (κ3) is 4.08. The minimum absolute atomic E-state index is 0.0846. The number of halogens is 3. The number of ether oxygens (including phenoxy) is 1. The van der Waals surface area contributed by atoms with Gasteiger partial charge in [-0.15, -0.1) is 13.2 Å². The third-order valence-corrected chi connectivity index (χ3v) is 3.07. The predicted octanol–water partition coefficient (Wildman–Crippen LogP) is 1.27. The molecule has 1 atom stereocenters. The lowest BCUT2D eigenvalue weighted by Crippen LogP contribution is -2.39. The highest BCUT2D eigenvalue weighted by Crippen LogP contribution is 2.28. The zero-order chi connectivity index (χ0) is 15.5. The van der Waals surface area contributed by atoms with E-state index in [1.165, 1.54) is 23.1 Å². The molecule has 1 unspecified atom stereocenters. The minimum Gasteiger partial charge on any atom is -0.406 e. The Kier molecular flexibility index (Phi) is 4.69. The van der Waals surface area contributed by atoms with Crippen LogP contribution in [0, 0.1) is 0 Å². The molecule has 0 aromatic heterocycles. The number of hydrogen-bond donors (Lipinski definition) is 2. The Balaban J connectivity index is 2.09. The Bertz CT molecular complexity index is 508. The molecule has 0 saturated carbocycles. The van der Waals surface area contributed by atoms with Crippen LogP contribution in [0.25, 0.3) is 0 Å². The number of anilines is 1. The molecule has 1 amide bonds. The molecule has 1 fully saturated rings. The van der Waals surface area contributed by atoms with E-state index in [0.29, 0.717) is 25.2 Å². The normalized spacial score (nSPS) is 19.1. The van der Waals surface area contributed by atoms with Gasteiger partial charge in [0.05, 0.1) is 12.6 Å². The van der Waals surface area contributed by atoms with E-state index in [1.54, 1.807) is 6.07 Å². The maximum atomic E-state index is 12.2. The molecule has 0 aliphatic carbocycles. The molecule has 0 radical (unpaired) electrons. The topological polar surface area (TPSA) is 61.8 Å². The van der Waals surface area contributed by atoms with Gasteiger partial charge in [0.1, 0.15) is 5.75 Å². The molecule has 1 aromatic rings. The summed E-state index contributed by atoms with van der Waals surface area (Å²) >= 11 is 0. The first-order valence-corrected chi connectivity index (χ1v) is 6.42. The van der Waals surface area contributed by atoms with E-state index in [4.69, 9.17) is 5.11 Å². The highest BCUT2D eigenvalue weighted by molar-refractivity contribution is 5.99. The van der Waals surface area contributed by atoms with Gasteiger partial charge in [0.15, 0.2) is 0 Å². The monoisotopic (exact) mass is 304 g/mol. The molecular weight excluding hydrogens is 289 g/mol. The summed E-state index contributed by atoms with van der Waals surface area (Å²) in [5.74, 6) is -0.591. The standard InChI is InChI=1S/C13H15F3N2O3/c14-13(15,16)21-10-3-1-2-9(8-10)18-6-4-11(12(18)20)17-5-7-19/h1-3,8,11,17,19H,4-7H2. The number of aliphatic hydroxyl groups excluding tert-OH is 1. The Morgan fingerprint density at radius 3 is 2.86 bits per heavy atom. The third-order valence-electron chi connectivity index (χ3n) is 3.07. The number of carbonyl (C=O) groups is 1. The summed E-state index contributed by atoms with van der Waals surface area (Å²) in [6, 6.07) is 4.89. The largest absolute Gasteiger partial charge is 0.573 e. The lowest BCUT2D eigenvalue weighted by Gasteiger charge is -2.18. The fraction of sp³-hybridized carbons (Fsp3) is 0.462. The van der Waals surface area contributed by atoms with E-state index in [1.807, 2.05) is 0 Å². The van der Waals surface area contributed by atoms with Crippen LogP contribution in [-0.4, -0.2) is 43.1 Å². The summed E-state index contributed by atoms with van der Waals surface area (Å²) in [6.45, 7) is 0.609. The average Bonchev–Trinajstić information content (AvgIpc) is 2.76. The van der Waals surface area contributed by atoms with Gasteiger partial charge in [0.25, 0.3) is 0 Å². The van der Waals surface area contributed by atoms with Gasteiger partial charge in [-0.3, -0.25) is 4.79 Å². The van der Waals surface area contributed by atoms with Crippen molar-refractivity contribution in [2.45, 2.75) is 18.8 Å². The number of alkyl halides is 3. The number of nitrogens with one attached hydrogen (secondary N) is 1. The van der Waals surface area contributed by atoms with Crippen molar-refractivity contribution in [3.8, 4) is 5.75 Å². The van der Waals surface area contributed by atoms with Crippen LogP contribution < -0.4 is 15.0 Å². The second kappa shape index (κ2) is 6.31. The van der Waals surface area contributed by atoms with Crippen molar-refractivity contribution in [1.29, 1.82) is 0 Å². The van der Waals surface area contributed by atoms with Crippen LogP contribution in [-0.2, 0) is 4.79 Å². The average molecular weight is 304 g/mol. The van der Waals surface area contributed by atoms with Gasteiger partial charge in [-0.05, 0) is 18.6 Å². The fourth-order valence-electron chi connectivity index (χ4n) is 2.21. The molecular formula is C13H15F3N2O3. The molecule has 1 aromatic carbocycles. The number of aliphatic hydroxyl groups is 1. The van der Waals surface area contributed by atoms with Crippen LogP contribution in [0.15, 0.2) is 24.3 Å². The molecule has 1 heterocycles. The number of rotatable bonds is 5. The van der Waals surface area contributed by atoms with Gasteiger partial charge >= 0.3 is 6.36 Å².